The van der Waals surface area contributed by atoms with Gasteiger partial charge in [0.1, 0.15) is 5.52 Å². The average molecular weight is 397 g/mol. The van der Waals surface area contributed by atoms with E-state index in [1.165, 1.54) is 6.33 Å². The predicted octanol–water partition coefficient (Wildman–Crippen LogP) is 5.45. The predicted molar refractivity (Wildman–Crippen MR) is 93.1 cm³/mol. The number of imidazole rings is 1. The molecule has 0 unspecified atom stereocenters. The Bertz CT molecular complexity index is 910. The van der Waals surface area contributed by atoms with Gasteiger partial charge in [0.15, 0.2) is 11.6 Å². The number of anilines is 2. The number of benzene rings is 2. The maximum absolute atomic E-state index is 14.8. The maximum atomic E-state index is 14.8. The molecule has 0 fully saturated rings. The Labute approximate surface area is 145 Å². The molecule has 2 N–H and O–H groups in total. The van der Waals surface area contributed by atoms with E-state index in [9.17, 15) is 9.18 Å². The van der Waals surface area contributed by atoms with E-state index < -0.39 is 5.82 Å². The van der Waals surface area contributed by atoms with Crippen LogP contribution in [0, 0.1) is 5.82 Å². The number of hydrogen-bond acceptors (Lipinski definition) is 3. The number of aromatic nitrogens is 2. The monoisotopic (exact) mass is 395 g/mol. The molecule has 0 radical (unpaired) electrons. The molecule has 0 bridgehead atoms. The zero-order valence-corrected chi connectivity index (χ0v) is 14.4. The Hall–Kier alpha value is -1.92. The second-order valence-electron chi connectivity index (χ2n) is 4.94. The molecule has 1 aromatic heterocycles. The summed E-state index contributed by atoms with van der Waals surface area (Å²) in [5.74, 6) is -0.754. The topological polar surface area (TPSA) is 57.8 Å². The lowest BCUT2D eigenvalue weighted by Crippen LogP contribution is -2.06. The molecule has 0 spiro atoms. The molecule has 1 heterocycles. The summed E-state index contributed by atoms with van der Waals surface area (Å²) in [6.07, 6.45) is 1.66. The minimum absolute atomic E-state index is 0.0840. The van der Waals surface area contributed by atoms with Crippen LogP contribution in [0.5, 0.6) is 0 Å². The molecule has 23 heavy (non-hydrogen) atoms. The molecule has 3 aromatic rings. The van der Waals surface area contributed by atoms with Crippen LogP contribution in [-0.2, 0) is 0 Å². The summed E-state index contributed by atoms with van der Waals surface area (Å²) in [7, 11) is 0. The van der Waals surface area contributed by atoms with Crippen molar-refractivity contribution < 1.29 is 9.18 Å². The second kappa shape index (κ2) is 6.29. The van der Waals surface area contributed by atoms with Gasteiger partial charge in [0, 0.05) is 16.5 Å². The highest BCUT2D eigenvalue weighted by Crippen LogP contribution is 2.34. The normalized spacial score (nSPS) is 11.0. The van der Waals surface area contributed by atoms with Gasteiger partial charge >= 0.3 is 0 Å². The molecule has 0 atom stereocenters. The molecule has 0 saturated heterocycles. The molecule has 7 heteroatoms. The van der Waals surface area contributed by atoms with Gasteiger partial charge < -0.3 is 10.3 Å². The Morgan fingerprint density at radius 3 is 2.91 bits per heavy atom. The molecular weight excluding hydrogens is 385 g/mol. The minimum Gasteiger partial charge on any atom is -0.351 e. The molecular formula is C16H12BrClFN3O. The number of nitrogens with one attached hydrogen (secondary N) is 2. The summed E-state index contributed by atoms with van der Waals surface area (Å²) in [4.78, 5) is 19.0. The van der Waals surface area contributed by atoms with Crippen LogP contribution < -0.4 is 5.32 Å². The summed E-state index contributed by atoms with van der Waals surface area (Å²) in [5.41, 5.74) is 1.51. The van der Waals surface area contributed by atoms with E-state index in [4.69, 9.17) is 11.6 Å². The van der Waals surface area contributed by atoms with Crippen LogP contribution in [0.1, 0.15) is 23.7 Å². The third kappa shape index (κ3) is 2.96. The highest BCUT2D eigenvalue weighted by atomic mass is 79.9. The lowest BCUT2D eigenvalue weighted by molar-refractivity contribution is 0.0988. The Morgan fingerprint density at radius 1 is 1.43 bits per heavy atom. The Morgan fingerprint density at radius 2 is 2.22 bits per heavy atom. The van der Waals surface area contributed by atoms with Gasteiger partial charge in [0.2, 0.25) is 0 Å². The number of ketones is 1. The van der Waals surface area contributed by atoms with Crippen molar-refractivity contribution in [1.82, 2.24) is 9.97 Å². The van der Waals surface area contributed by atoms with Gasteiger partial charge in [0.05, 0.1) is 28.2 Å². The highest BCUT2D eigenvalue weighted by molar-refractivity contribution is 9.10. The number of rotatable bonds is 4. The number of fused-ring (bicyclic) bond motifs is 1. The summed E-state index contributed by atoms with van der Waals surface area (Å²) in [6, 6.07) is 6.78. The SMILES string of the molecule is CCC(=O)c1cc2[nH]cnc2c(F)c1Nc1ccc(Br)cc1Cl. The number of carbonyl (C=O) groups excluding carboxylic acids is 1. The third-order valence-electron chi connectivity index (χ3n) is 3.47. The van der Waals surface area contributed by atoms with E-state index in [2.05, 4.69) is 31.2 Å². The number of carbonyl (C=O) groups is 1. The highest BCUT2D eigenvalue weighted by Gasteiger charge is 2.20. The molecule has 0 saturated carbocycles. The standard InChI is InChI=1S/C16H12BrClFN3O/c1-2-13(23)9-6-12-16(21-7-20-12)14(19)15(9)22-11-4-3-8(17)5-10(11)18/h3-7,22H,2H2,1H3,(H,20,21). The number of Topliss-reactive ketones (excluding diaryl/α,β-unsaturated/α-hetero) is 1. The fraction of sp³-hybridized carbons (Fsp3) is 0.125. The van der Waals surface area contributed by atoms with Gasteiger partial charge in [-0.2, -0.15) is 0 Å². The number of halogens is 3. The summed E-state index contributed by atoms with van der Waals surface area (Å²) < 4.78 is 15.6. The van der Waals surface area contributed by atoms with E-state index in [-0.39, 0.29) is 29.0 Å². The van der Waals surface area contributed by atoms with Gasteiger partial charge in [-0.25, -0.2) is 9.37 Å². The first-order chi connectivity index (χ1) is 11.0. The fourth-order valence-corrected chi connectivity index (χ4v) is 3.02. The lowest BCUT2D eigenvalue weighted by Gasteiger charge is -2.14. The van der Waals surface area contributed by atoms with Gasteiger partial charge in [-0.15, -0.1) is 0 Å². The van der Waals surface area contributed by atoms with E-state index in [0.29, 0.717) is 16.2 Å². The van der Waals surface area contributed by atoms with E-state index in [1.54, 1.807) is 31.2 Å². The van der Waals surface area contributed by atoms with Gasteiger partial charge in [-0.3, -0.25) is 4.79 Å². The zero-order valence-electron chi connectivity index (χ0n) is 12.1. The maximum Gasteiger partial charge on any atom is 0.175 e. The van der Waals surface area contributed by atoms with Crippen molar-refractivity contribution in [2.45, 2.75) is 13.3 Å². The molecule has 2 aromatic carbocycles. The van der Waals surface area contributed by atoms with Crippen molar-refractivity contribution >= 4 is 55.7 Å². The summed E-state index contributed by atoms with van der Waals surface area (Å²) >= 11 is 9.49. The first kappa shape index (κ1) is 16.0. The largest absolute Gasteiger partial charge is 0.351 e. The van der Waals surface area contributed by atoms with Gasteiger partial charge in [0.25, 0.3) is 0 Å². The molecule has 4 nitrogen and oxygen atoms in total. The molecule has 3 rings (SSSR count). The first-order valence-electron chi connectivity index (χ1n) is 6.92. The minimum atomic E-state index is -0.584. The smallest absolute Gasteiger partial charge is 0.175 e. The zero-order chi connectivity index (χ0) is 16.6. The van der Waals surface area contributed by atoms with Crippen molar-refractivity contribution in [1.29, 1.82) is 0 Å². The lowest BCUT2D eigenvalue weighted by atomic mass is 10.0. The quantitative estimate of drug-likeness (QED) is 0.576. The van der Waals surface area contributed by atoms with Crippen LogP contribution >= 0.6 is 27.5 Å². The fourth-order valence-electron chi connectivity index (χ4n) is 2.30. The van der Waals surface area contributed by atoms with Crippen molar-refractivity contribution in [2.75, 3.05) is 5.32 Å². The molecule has 0 aliphatic rings. The van der Waals surface area contributed by atoms with Crippen molar-refractivity contribution in [2.24, 2.45) is 0 Å². The number of aromatic amines is 1. The summed E-state index contributed by atoms with van der Waals surface area (Å²) in [6.45, 7) is 1.73. The van der Waals surface area contributed by atoms with Crippen LogP contribution in [0.15, 0.2) is 35.1 Å². The molecule has 118 valence electrons. The number of nitrogens with zero attached hydrogens (tertiary/aromatic N) is 1. The first-order valence-corrected chi connectivity index (χ1v) is 8.09. The number of hydrogen-bond donors (Lipinski definition) is 2. The second-order valence-corrected chi connectivity index (χ2v) is 6.26. The number of H-pyrrole nitrogens is 1. The van der Waals surface area contributed by atoms with Gasteiger partial charge in [-0.05, 0) is 24.3 Å². The van der Waals surface area contributed by atoms with Crippen LogP contribution in [0.25, 0.3) is 11.0 Å². The van der Waals surface area contributed by atoms with E-state index in [1.807, 2.05) is 0 Å². The van der Waals surface area contributed by atoms with E-state index in [0.717, 1.165) is 4.47 Å². The van der Waals surface area contributed by atoms with Crippen LogP contribution in [0.4, 0.5) is 15.8 Å². The molecule has 0 amide bonds. The van der Waals surface area contributed by atoms with Crippen molar-refractivity contribution in [3.05, 3.63) is 51.5 Å². The molecule has 0 aliphatic carbocycles. The van der Waals surface area contributed by atoms with Crippen LogP contribution in [0.2, 0.25) is 5.02 Å². The van der Waals surface area contributed by atoms with Crippen molar-refractivity contribution in [3.8, 4) is 0 Å². The van der Waals surface area contributed by atoms with Crippen LogP contribution in [0.3, 0.4) is 0 Å². The molecule has 0 aliphatic heterocycles. The third-order valence-corrected chi connectivity index (χ3v) is 4.27. The average Bonchev–Trinajstić information content (AvgIpc) is 3.00. The Kier molecular flexibility index (Phi) is 4.37. The van der Waals surface area contributed by atoms with Crippen molar-refractivity contribution in [3.63, 3.8) is 0 Å². The summed E-state index contributed by atoms with van der Waals surface area (Å²) in [5, 5.41) is 3.34. The van der Waals surface area contributed by atoms with E-state index >= 15 is 0 Å². The van der Waals surface area contributed by atoms with Crippen LogP contribution in [-0.4, -0.2) is 15.8 Å². The van der Waals surface area contributed by atoms with Gasteiger partial charge in [-0.1, -0.05) is 34.5 Å². The Balaban J connectivity index is 2.17.